The summed E-state index contributed by atoms with van der Waals surface area (Å²) in [6.45, 7) is 3.60. The second kappa shape index (κ2) is 5.29. The molecule has 0 amide bonds. The lowest BCUT2D eigenvalue weighted by atomic mass is 10.2. The zero-order valence-electron chi connectivity index (χ0n) is 12.5. The quantitative estimate of drug-likeness (QED) is 0.842. The maximum atomic E-state index is 12.1. The minimum absolute atomic E-state index is 0.0482. The Hall–Kier alpha value is -2.63. The number of aromatic hydroxyl groups is 1. The molecule has 0 radical (unpaired) electrons. The number of aryl methyl sites for hydroxylation is 1. The number of aliphatic imine (C=N–C) groups is 1. The lowest BCUT2D eigenvalue weighted by molar-refractivity contribution is 0.429. The number of hydrogen-bond donors (Lipinski definition) is 2. The van der Waals surface area contributed by atoms with E-state index >= 15 is 0 Å². The van der Waals surface area contributed by atoms with Crippen molar-refractivity contribution in [1.82, 2.24) is 9.55 Å². The third-order valence-corrected chi connectivity index (χ3v) is 3.66. The van der Waals surface area contributed by atoms with Crippen molar-refractivity contribution < 1.29 is 5.11 Å². The predicted molar refractivity (Wildman–Crippen MR) is 84.3 cm³/mol. The van der Waals surface area contributed by atoms with Gasteiger partial charge in [-0.25, -0.2) is 9.36 Å². The SMILES string of the molecule is CC(=NC1CC1)c1c(O)n(-c2ccc(C)cc2)c(=O)[nH]c1=O. The highest BCUT2D eigenvalue weighted by atomic mass is 16.3. The van der Waals surface area contributed by atoms with Crippen molar-refractivity contribution in [3.05, 3.63) is 56.2 Å². The Morgan fingerprint density at radius 3 is 2.50 bits per heavy atom. The first-order valence-electron chi connectivity index (χ1n) is 7.17. The van der Waals surface area contributed by atoms with E-state index in [1.54, 1.807) is 19.1 Å². The molecular weight excluding hydrogens is 282 g/mol. The molecule has 6 heteroatoms. The molecule has 3 rings (SSSR count). The lowest BCUT2D eigenvalue weighted by Crippen LogP contribution is -2.32. The van der Waals surface area contributed by atoms with Gasteiger partial charge in [-0.1, -0.05) is 17.7 Å². The fourth-order valence-corrected chi connectivity index (χ4v) is 2.33. The highest BCUT2D eigenvalue weighted by Gasteiger charge is 2.23. The number of rotatable bonds is 3. The van der Waals surface area contributed by atoms with E-state index in [2.05, 4.69) is 9.98 Å². The summed E-state index contributed by atoms with van der Waals surface area (Å²) in [5.74, 6) is -0.375. The van der Waals surface area contributed by atoms with Crippen LogP contribution in [-0.2, 0) is 0 Å². The molecule has 22 heavy (non-hydrogen) atoms. The lowest BCUT2D eigenvalue weighted by Gasteiger charge is -2.11. The van der Waals surface area contributed by atoms with Crippen LogP contribution in [-0.4, -0.2) is 26.4 Å². The van der Waals surface area contributed by atoms with E-state index in [1.807, 2.05) is 19.1 Å². The summed E-state index contributed by atoms with van der Waals surface area (Å²) in [5.41, 5.74) is 0.730. The number of aromatic nitrogens is 2. The average Bonchev–Trinajstić information content (AvgIpc) is 3.24. The Morgan fingerprint density at radius 2 is 1.91 bits per heavy atom. The van der Waals surface area contributed by atoms with Gasteiger partial charge in [-0.3, -0.25) is 14.8 Å². The summed E-state index contributed by atoms with van der Waals surface area (Å²) in [6.07, 6.45) is 1.99. The van der Waals surface area contributed by atoms with Gasteiger partial charge in [0.05, 0.1) is 17.4 Å². The van der Waals surface area contributed by atoms with E-state index in [0.29, 0.717) is 11.4 Å². The van der Waals surface area contributed by atoms with Crippen molar-refractivity contribution in [2.45, 2.75) is 32.7 Å². The number of benzene rings is 1. The van der Waals surface area contributed by atoms with Gasteiger partial charge in [-0.05, 0) is 38.8 Å². The molecule has 0 atom stereocenters. The third-order valence-electron chi connectivity index (χ3n) is 3.66. The van der Waals surface area contributed by atoms with E-state index in [0.717, 1.165) is 23.0 Å². The minimum atomic E-state index is -0.672. The van der Waals surface area contributed by atoms with Gasteiger partial charge in [0.15, 0.2) is 0 Å². The van der Waals surface area contributed by atoms with Gasteiger partial charge in [0, 0.05) is 0 Å². The standard InChI is InChI=1S/C16H17N3O3/c1-9-3-7-12(8-4-9)19-15(21)13(14(20)18-16(19)22)10(2)17-11-5-6-11/h3-4,7-8,11,21H,5-6H2,1-2H3,(H,18,20,22). The van der Waals surface area contributed by atoms with Gasteiger partial charge in [0.2, 0.25) is 5.88 Å². The van der Waals surface area contributed by atoms with Crippen molar-refractivity contribution >= 4 is 5.71 Å². The van der Waals surface area contributed by atoms with Crippen LogP contribution in [0.15, 0.2) is 38.8 Å². The molecule has 114 valence electrons. The van der Waals surface area contributed by atoms with Gasteiger partial charge >= 0.3 is 5.69 Å². The molecule has 1 aromatic heterocycles. The van der Waals surface area contributed by atoms with Crippen LogP contribution < -0.4 is 11.2 Å². The van der Waals surface area contributed by atoms with Crippen LogP contribution in [0, 0.1) is 6.92 Å². The largest absolute Gasteiger partial charge is 0.493 e. The first kappa shape index (κ1) is 14.3. The smallest absolute Gasteiger partial charge is 0.335 e. The van der Waals surface area contributed by atoms with Crippen molar-refractivity contribution in [3.8, 4) is 11.6 Å². The van der Waals surface area contributed by atoms with Crippen LogP contribution in [0.3, 0.4) is 0 Å². The van der Waals surface area contributed by atoms with Gasteiger partial charge < -0.3 is 5.11 Å². The Morgan fingerprint density at radius 1 is 1.27 bits per heavy atom. The van der Waals surface area contributed by atoms with Gasteiger partial charge in [0.1, 0.15) is 5.56 Å². The van der Waals surface area contributed by atoms with Gasteiger partial charge in [-0.2, -0.15) is 0 Å². The Balaban J connectivity index is 2.21. The van der Waals surface area contributed by atoms with Gasteiger partial charge in [-0.15, -0.1) is 0 Å². The number of aromatic amines is 1. The molecule has 1 fully saturated rings. The summed E-state index contributed by atoms with van der Waals surface area (Å²) in [4.78, 5) is 30.7. The van der Waals surface area contributed by atoms with E-state index < -0.39 is 11.2 Å². The topological polar surface area (TPSA) is 87.4 Å². The van der Waals surface area contributed by atoms with Crippen molar-refractivity contribution in [3.63, 3.8) is 0 Å². The van der Waals surface area contributed by atoms with E-state index in [1.165, 1.54) is 0 Å². The highest BCUT2D eigenvalue weighted by molar-refractivity contribution is 6.00. The third kappa shape index (κ3) is 2.59. The number of nitrogens with zero attached hydrogens (tertiary/aromatic N) is 2. The minimum Gasteiger partial charge on any atom is -0.493 e. The normalized spacial score (nSPS) is 15.1. The maximum Gasteiger partial charge on any atom is 0.335 e. The van der Waals surface area contributed by atoms with Crippen molar-refractivity contribution in [1.29, 1.82) is 0 Å². The maximum absolute atomic E-state index is 12.1. The summed E-state index contributed by atoms with van der Waals surface area (Å²) in [7, 11) is 0. The van der Waals surface area contributed by atoms with Gasteiger partial charge in [0.25, 0.3) is 5.56 Å². The zero-order chi connectivity index (χ0) is 15.9. The van der Waals surface area contributed by atoms with Crippen LogP contribution >= 0.6 is 0 Å². The number of hydrogen-bond acceptors (Lipinski definition) is 4. The summed E-state index contributed by atoms with van der Waals surface area (Å²) >= 11 is 0. The molecule has 1 aromatic carbocycles. The molecule has 0 bridgehead atoms. The van der Waals surface area contributed by atoms with Crippen LogP contribution in [0.4, 0.5) is 0 Å². The molecule has 0 unspecified atom stereocenters. The molecule has 0 saturated heterocycles. The van der Waals surface area contributed by atoms with E-state index in [9.17, 15) is 14.7 Å². The fourth-order valence-electron chi connectivity index (χ4n) is 2.33. The zero-order valence-corrected chi connectivity index (χ0v) is 12.5. The number of nitrogens with one attached hydrogen (secondary N) is 1. The van der Waals surface area contributed by atoms with E-state index in [4.69, 9.17) is 0 Å². The molecule has 6 nitrogen and oxygen atoms in total. The molecule has 1 aliphatic rings. The summed E-state index contributed by atoms with van der Waals surface area (Å²) < 4.78 is 1.09. The number of H-pyrrole nitrogens is 1. The molecule has 2 aromatic rings. The molecule has 0 aliphatic heterocycles. The summed E-state index contributed by atoms with van der Waals surface area (Å²) in [6, 6.07) is 7.31. The molecule has 1 aliphatic carbocycles. The second-order valence-electron chi connectivity index (χ2n) is 5.57. The van der Waals surface area contributed by atoms with Crippen LogP contribution in [0.5, 0.6) is 5.88 Å². The van der Waals surface area contributed by atoms with Crippen LogP contribution in [0.2, 0.25) is 0 Å². The molecule has 1 heterocycles. The van der Waals surface area contributed by atoms with Crippen LogP contribution in [0.1, 0.15) is 30.9 Å². The fraction of sp³-hybridized carbons (Fsp3) is 0.312. The average molecular weight is 299 g/mol. The molecule has 2 N–H and O–H groups in total. The Labute approximate surface area is 126 Å². The first-order chi connectivity index (χ1) is 10.5. The highest BCUT2D eigenvalue weighted by Crippen LogP contribution is 2.25. The van der Waals surface area contributed by atoms with Crippen LogP contribution in [0.25, 0.3) is 5.69 Å². The van der Waals surface area contributed by atoms with Crippen molar-refractivity contribution in [2.24, 2.45) is 4.99 Å². The Bertz CT molecular complexity index is 856. The molecule has 0 spiro atoms. The molecule has 1 saturated carbocycles. The Kier molecular flexibility index (Phi) is 3.44. The molecular formula is C16H17N3O3. The van der Waals surface area contributed by atoms with Crippen molar-refractivity contribution in [2.75, 3.05) is 0 Å². The monoisotopic (exact) mass is 299 g/mol. The second-order valence-corrected chi connectivity index (χ2v) is 5.57. The predicted octanol–water partition coefficient (Wildman–Crippen LogP) is 1.51. The first-order valence-corrected chi connectivity index (χ1v) is 7.17. The van der Waals surface area contributed by atoms with E-state index in [-0.39, 0.29) is 17.5 Å². The summed E-state index contributed by atoms with van der Waals surface area (Å²) in [5, 5.41) is 10.4.